The maximum Gasteiger partial charge on any atom is 0.245 e. The average Bonchev–Trinajstić information content (AvgIpc) is 2.42. The molecule has 1 atom stereocenters. The molecular formula is C12H18N4OS. The number of thioether (sulfide) groups is 1. The predicted molar refractivity (Wildman–Crippen MR) is 72.9 cm³/mol. The van der Waals surface area contributed by atoms with Gasteiger partial charge in [0.15, 0.2) is 5.16 Å². The molecule has 98 valence electrons. The number of carbonyl (C=O) groups excluding carboxylic acids is 1. The fourth-order valence-electron chi connectivity index (χ4n) is 2.15. The summed E-state index contributed by atoms with van der Waals surface area (Å²) in [6.07, 6.45) is 3.69. The van der Waals surface area contributed by atoms with Crippen LogP contribution in [0.5, 0.6) is 0 Å². The van der Waals surface area contributed by atoms with Gasteiger partial charge in [0.25, 0.3) is 0 Å². The number of likely N-dealkylation sites (N-methyl/N-ethyl adjacent to an activating group) is 1. The first kappa shape index (κ1) is 13.1. The standard InChI is InChI=1S/C12H18N4OS/c1-4-15-7-8-16(9(2)11(15)17)10-5-6-13-12(14-10)18-3/h5-6,9H,4,7-8H2,1-3H3. The van der Waals surface area contributed by atoms with Crippen LogP contribution in [0.2, 0.25) is 0 Å². The van der Waals surface area contributed by atoms with Gasteiger partial charge in [-0.3, -0.25) is 4.79 Å². The number of carbonyl (C=O) groups is 1. The van der Waals surface area contributed by atoms with Crippen LogP contribution in [-0.4, -0.2) is 52.7 Å². The van der Waals surface area contributed by atoms with Crippen LogP contribution in [0, 0.1) is 0 Å². The van der Waals surface area contributed by atoms with E-state index in [1.165, 1.54) is 11.8 Å². The number of anilines is 1. The van der Waals surface area contributed by atoms with Crippen molar-refractivity contribution >= 4 is 23.5 Å². The van der Waals surface area contributed by atoms with E-state index >= 15 is 0 Å². The zero-order valence-corrected chi connectivity index (χ0v) is 11.8. The Morgan fingerprint density at radius 3 is 2.94 bits per heavy atom. The summed E-state index contributed by atoms with van der Waals surface area (Å²) in [5.41, 5.74) is 0. The number of piperazine rings is 1. The lowest BCUT2D eigenvalue weighted by atomic mass is 10.2. The van der Waals surface area contributed by atoms with Crippen molar-refractivity contribution in [1.29, 1.82) is 0 Å². The lowest BCUT2D eigenvalue weighted by Crippen LogP contribution is -2.56. The molecule has 18 heavy (non-hydrogen) atoms. The largest absolute Gasteiger partial charge is 0.343 e. The fraction of sp³-hybridized carbons (Fsp3) is 0.583. The maximum absolute atomic E-state index is 12.1. The number of nitrogens with zero attached hydrogens (tertiary/aromatic N) is 4. The normalized spacial score (nSPS) is 20.4. The van der Waals surface area contributed by atoms with Gasteiger partial charge in [-0.2, -0.15) is 0 Å². The smallest absolute Gasteiger partial charge is 0.245 e. The Hall–Kier alpha value is -1.30. The van der Waals surface area contributed by atoms with Gasteiger partial charge < -0.3 is 9.80 Å². The molecule has 0 radical (unpaired) electrons. The number of hydrogen-bond acceptors (Lipinski definition) is 5. The quantitative estimate of drug-likeness (QED) is 0.609. The van der Waals surface area contributed by atoms with Crippen LogP contribution in [0.15, 0.2) is 17.4 Å². The molecule has 1 unspecified atom stereocenters. The molecule has 1 amide bonds. The fourth-order valence-corrected chi connectivity index (χ4v) is 2.50. The molecule has 0 saturated carbocycles. The zero-order chi connectivity index (χ0) is 13.1. The first-order valence-corrected chi connectivity index (χ1v) is 7.32. The molecule has 2 heterocycles. The highest BCUT2D eigenvalue weighted by atomic mass is 32.2. The Morgan fingerprint density at radius 2 is 2.28 bits per heavy atom. The lowest BCUT2D eigenvalue weighted by molar-refractivity contribution is -0.133. The summed E-state index contributed by atoms with van der Waals surface area (Å²) in [7, 11) is 0. The van der Waals surface area contributed by atoms with Crippen LogP contribution >= 0.6 is 11.8 Å². The summed E-state index contributed by atoms with van der Waals surface area (Å²) < 4.78 is 0. The Bertz CT molecular complexity index is 440. The molecule has 0 N–H and O–H groups in total. The molecule has 0 spiro atoms. The highest BCUT2D eigenvalue weighted by Crippen LogP contribution is 2.20. The highest BCUT2D eigenvalue weighted by Gasteiger charge is 2.31. The summed E-state index contributed by atoms with van der Waals surface area (Å²) in [6.45, 7) is 6.31. The second kappa shape index (κ2) is 5.56. The molecular weight excluding hydrogens is 248 g/mol. The third-order valence-corrected chi connectivity index (χ3v) is 3.79. The first-order chi connectivity index (χ1) is 8.67. The van der Waals surface area contributed by atoms with E-state index in [1.807, 2.05) is 31.1 Å². The highest BCUT2D eigenvalue weighted by molar-refractivity contribution is 7.98. The molecule has 0 aromatic carbocycles. The Kier molecular flexibility index (Phi) is 4.06. The van der Waals surface area contributed by atoms with Crippen LogP contribution in [0.3, 0.4) is 0 Å². The molecule has 2 rings (SSSR count). The minimum atomic E-state index is -0.150. The van der Waals surface area contributed by atoms with Gasteiger partial charge in [0.2, 0.25) is 5.91 Å². The van der Waals surface area contributed by atoms with Crippen LogP contribution in [-0.2, 0) is 4.79 Å². The van der Waals surface area contributed by atoms with Gasteiger partial charge in [0.05, 0.1) is 0 Å². The second-order valence-corrected chi connectivity index (χ2v) is 4.96. The predicted octanol–water partition coefficient (Wildman–Crippen LogP) is 1.26. The van der Waals surface area contributed by atoms with Crippen molar-refractivity contribution in [3.05, 3.63) is 12.3 Å². The van der Waals surface area contributed by atoms with Gasteiger partial charge >= 0.3 is 0 Å². The Morgan fingerprint density at radius 1 is 1.50 bits per heavy atom. The molecule has 0 aliphatic carbocycles. The number of aromatic nitrogens is 2. The van der Waals surface area contributed by atoms with Gasteiger partial charge in [-0.05, 0) is 26.2 Å². The number of amides is 1. The molecule has 5 nitrogen and oxygen atoms in total. The van der Waals surface area contributed by atoms with Crippen LogP contribution in [0.1, 0.15) is 13.8 Å². The molecule has 0 bridgehead atoms. The van der Waals surface area contributed by atoms with Crippen LogP contribution < -0.4 is 4.90 Å². The minimum absolute atomic E-state index is 0.150. The van der Waals surface area contributed by atoms with Crippen molar-refractivity contribution in [2.45, 2.75) is 25.0 Å². The average molecular weight is 266 g/mol. The molecule has 1 aliphatic heterocycles. The molecule has 1 aromatic heterocycles. The summed E-state index contributed by atoms with van der Waals surface area (Å²) >= 11 is 1.51. The van der Waals surface area contributed by atoms with Gasteiger partial charge in [-0.15, -0.1) is 0 Å². The van der Waals surface area contributed by atoms with E-state index in [2.05, 4.69) is 14.9 Å². The zero-order valence-electron chi connectivity index (χ0n) is 11.0. The van der Waals surface area contributed by atoms with Crippen molar-refractivity contribution in [1.82, 2.24) is 14.9 Å². The molecule has 1 fully saturated rings. The van der Waals surface area contributed by atoms with E-state index in [0.29, 0.717) is 0 Å². The van der Waals surface area contributed by atoms with Gasteiger partial charge in [0.1, 0.15) is 11.9 Å². The van der Waals surface area contributed by atoms with Crippen molar-refractivity contribution in [3.63, 3.8) is 0 Å². The van der Waals surface area contributed by atoms with Gasteiger partial charge in [0, 0.05) is 25.8 Å². The summed E-state index contributed by atoms with van der Waals surface area (Å²) in [5, 5.41) is 0.741. The van der Waals surface area contributed by atoms with Gasteiger partial charge in [-0.25, -0.2) is 9.97 Å². The lowest BCUT2D eigenvalue weighted by Gasteiger charge is -2.39. The van der Waals surface area contributed by atoms with Crippen molar-refractivity contribution in [2.24, 2.45) is 0 Å². The van der Waals surface area contributed by atoms with E-state index in [4.69, 9.17) is 0 Å². The maximum atomic E-state index is 12.1. The Labute approximate surface area is 112 Å². The van der Waals surface area contributed by atoms with E-state index in [1.54, 1.807) is 6.20 Å². The van der Waals surface area contributed by atoms with Crippen molar-refractivity contribution in [3.8, 4) is 0 Å². The summed E-state index contributed by atoms with van der Waals surface area (Å²) in [5.74, 6) is 1.01. The second-order valence-electron chi connectivity index (χ2n) is 4.19. The molecule has 1 saturated heterocycles. The monoisotopic (exact) mass is 266 g/mol. The van der Waals surface area contributed by atoms with Crippen LogP contribution in [0.4, 0.5) is 5.82 Å². The third-order valence-electron chi connectivity index (χ3n) is 3.22. The van der Waals surface area contributed by atoms with E-state index < -0.39 is 0 Å². The Balaban J connectivity index is 2.21. The van der Waals surface area contributed by atoms with Gasteiger partial charge in [-0.1, -0.05) is 11.8 Å². The summed E-state index contributed by atoms with van der Waals surface area (Å²) in [4.78, 5) is 24.7. The topological polar surface area (TPSA) is 49.3 Å². The minimum Gasteiger partial charge on any atom is -0.343 e. The SMILES string of the molecule is CCN1CCN(c2ccnc(SC)n2)C(C)C1=O. The van der Waals surface area contributed by atoms with E-state index in [9.17, 15) is 4.79 Å². The van der Waals surface area contributed by atoms with E-state index in [-0.39, 0.29) is 11.9 Å². The van der Waals surface area contributed by atoms with Crippen LogP contribution in [0.25, 0.3) is 0 Å². The molecule has 6 heteroatoms. The number of rotatable bonds is 3. The first-order valence-electron chi connectivity index (χ1n) is 6.09. The summed E-state index contributed by atoms with van der Waals surface area (Å²) in [6, 6.07) is 1.72. The van der Waals surface area contributed by atoms with Crippen molar-refractivity contribution < 1.29 is 4.79 Å². The number of hydrogen-bond donors (Lipinski definition) is 0. The van der Waals surface area contributed by atoms with E-state index in [0.717, 1.165) is 30.6 Å². The molecule has 1 aliphatic rings. The van der Waals surface area contributed by atoms with Crippen molar-refractivity contribution in [2.75, 3.05) is 30.8 Å². The molecule has 1 aromatic rings. The third kappa shape index (κ3) is 2.43.